The number of esters is 1. The highest BCUT2D eigenvalue weighted by Gasteiger charge is 2.37. The molecule has 0 saturated heterocycles. The number of ether oxygens (including phenoxy) is 1. The second-order valence-corrected chi connectivity index (χ2v) is 5.45. The van der Waals surface area contributed by atoms with Crippen molar-refractivity contribution in [1.82, 2.24) is 9.78 Å². The van der Waals surface area contributed by atoms with Gasteiger partial charge in [0, 0.05) is 5.92 Å². The van der Waals surface area contributed by atoms with E-state index in [4.69, 9.17) is 4.74 Å². The highest BCUT2D eigenvalue weighted by molar-refractivity contribution is 5.90. The van der Waals surface area contributed by atoms with Crippen LogP contribution in [0.2, 0.25) is 0 Å². The first-order valence-corrected chi connectivity index (χ1v) is 7.15. The summed E-state index contributed by atoms with van der Waals surface area (Å²) < 4.78 is 6.99. The van der Waals surface area contributed by atoms with Crippen LogP contribution in [-0.4, -0.2) is 33.6 Å². The lowest BCUT2D eigenvalue weighted by atomic mass is 10.1. The van der Waals surface area contributed by atoms with Gasteiger partial charge in [-0.15, -0.1) is 0 Å². The Morgan fingerprint density at radius 3 is 2.84 bits per heavy atom. The van der Waals surface area contributed by atoms with Crippen molar-refractivity contribution in [3.05, 3.63) is 17.5 Å². The summed E-state index contributed by atoms with van der Waals surface area (Å²) in [5.41, 5.74) is 1.56. The number of hydrogen-bond donors (Lipinski definition) is 1. The molecule has 2 atom stereocenters. The van der Waals surface area contributed by atoms with Gasteiger partial charge in [-0.3, -0.25) is 4.68 Å². The van der Waals surface area contributed by atoms with Gasteiger partial charge in [0.2, 0.25) is 0 Å². The second-order valence-electron chi connectivity index (χ2n) is 5.45. The molecule has 5 heteroatoms. The monoisotopic (exact) mass is 264 g/mol. The Balaban J connectivity index is 1.94. The summed E-state index contributed by atoms with van der Waals surface area (Å²) in [6.07, 6.45) is 6.24. The maximum Gasteiger partial charge on any atom is 0.341 e. The van der Waals surface area contributed by atoms with Crippen molar-refractivity contribution < 1.29 is 14.6 Å². The molecular formula is C14H20N2O3. The Morgan fingerprint density at radius 1 is 1.47 bits per heavy atom. The highest BCUT2D eigenvalue weighted by atomic mass is 16.5. The number of carbonyl (C=O) groups is 1. The van der Waals surface area contributed by atoms with Crippen LogP contribution in [0.3, 0.4) is 0 Å². The van der Waals surface area contributed by atoms with E-state index in [0.717, 1.165) is 37.8 Å². The Morgan fingerprint density at radius 2 is 2.26 bits per heavy atom. The van der Waals surface area contributed by atoms with Gasteiger partial charge in [0.05, 0.1) is 30.6 Å². The average molecular weight is 264 g/mol. The Labute approximate surface area is 112 Å². The number of hydrogen-bond acceptors (Lipinski definition) is 4. The van der Waals surface area contributed by atoms with Crippen molar-refractivity contribution in [1.29, 1.82) is 0 Å². The molecule has 1 aromatic rings. The molecule has 19 heavy (non-hydrogen) atoms. The fraction of sp³-hybridized carbons (Fsp3) is 0.714. The van der Waals surface area contributed by atoms with Crippen LogP contribution in [0, 0.1) is 0 Å². The van der Waals surface area contributed by atoms with Gasteiger partial charge in [0.15, 0.2) is 0 Å². The molecule has 104 valence electrons. The molecule has 5 nitrogen and oxygen atoms in total. The van der Waals surface area contributed by atoms with Crippen LogP contribution in [0.25, 0.3) is 0 Å². The summed E-state index contributed by atoms with van der Waals surface area (Å²) in [4.78, 5) is 12.0. The van der Waals surface area contributed by atoms with Crippen LogP contribution < -0.4 is 0 Å². The predicted octanol–water partition coefficient (Wildman–Crippen LogP) is 2.02. The minimum absolute atomic E-state index is 0.0266. The molecule has 1 N–H and O–H groups in total. The summed E-state index contributed by atoms with van der Waals surface area (Å²) in [6.45, 7) is 2.18. The molecule has 2 saturated carbocycles. The van der Waals surface area contributed by atoms with Gasteiger partial charge in [-0.1, -0.05) is 0 Å². The zero-order valence-electron chi connectivity index (χ0n) is 11.2. The SMILES string of the molecule is CCOC(=O)c1cnn(C2CCCC2O)c1C1CC1. The van der Waals surface area contributed by atoms with Gasteiger partial charge in [-0.2, -0.15) is 5.10 Å². The molecule has 0 aliphatic heterocycles. The van der Waals surface area contributed by atoms with Crippen molar-refractivity contribution in [2.24, 2.45) is 0 Å². The van der Waals surface area contributed by atoms with Crippen LogP contribution in [-0.2, 0) is 4.74 Å². The van der Waals surface area contributed by atoms with E-state index in [1.54, 1.807) is 13.1 Å². The van der Waals surface area contributed by atoms with Crippen LogP contribution in [0.4, 0.5) is 0 Å². The standard InChI is InChI=1S/C14H20N2O3/c1-2-19-14(18)10-8-15-16(13(10)9-6-7-9)11-4-3-5-12(11)17/h8-9,11-12,17H,2-7H2,1H3. The lowest BCUT2D eigenvalue weighted by Crippen LogP contribution is -2.21. The maximum absolute atomic E-state index is 12.0. The van der Waals surface area contributed by atoms with E-state index in [9.17, 15) is 9.90 Å². The maximum atomic E-state index is 12.0. The first kappa shape index (κ1) is 12.7. The Kier molecular flexibility index (Phi) is 3.31. The molecule has 2 aliphatic rings. The third kappa shape index (κ3) is 2.27. The van der Waals surface area contributed by atoms with Crippen molar-refractivity contribution in [3.8, 4) is 0 Å². The van der Waals surface area contributed by atoms with Crippen LogP contribution in [0.5, 0.6) is 0 Å². The highest BCUT2D eigenvalue weighted by Crippen LogP contribution is 2.44. The predicted molar refractivity (Wildman–Crippen MR) is 69.1 cm³/mol. The summed E-state index contributed by atoms with van der Waals surface area (Å²) in [5.74, 6) is 0.123. The molecule has 1 heterocycles. The Hall–Kier alpha value is -1.36. The molecule has 0 radical (unpaired) electrons. The molecule has 0 aromatic carbocycles. The summed E-state index contributed by atoms with van der Waals surface area (Å²) in [5, 5.41) is 14.4. The van der Waals surface area contributed by atoms with Crippen molar-refractivity contribution in [2.45, 2.75) is 57.1 Å². The zero-order chi connectivity index (χ0) is 13.4. The first-order chi connectivity index (χ1) is 9.22. The van der Waals surface area contributed by atoms with Crippen molar-refractivity contribution in [3.63, 3.8) is 0 Å². The van der Waals surface area contributed by atoms with Crippen LogP contribution in [0.1, 0.15) is 67.0 Å². The minimum atomic E-state index is -0.340. The zero-order valence-corrected chi connectivity index (χ0v) is 11.2. The average Bonchev–Trinajstić information content (AvgIpc) is 2.99. The third-order valence-electron chi connectivity index (χ3n) is 4.05. The molecule has 0 amide bonds. The van der Waals surface area contributed by atoms with Gasteiger partial charge in [0.1, 0.15) is 5.56 Å². The summed E-state index contributed by atoms with van der Waals surface area (Å²) in [7, 11) is 0. The van der Waals surface area contributed by atoms with Crippen molar-refractivity contribution in [2.75, 3.05) is 6.61 Å². The van der Waals surface area contributed by atoms with E-state index in [0.29, 0.717) is 18.1 Å². The number of aromatic nitrogens is 2. The summed E-state index contributed by atoms with van der Waals surface area (Å²) >= 11 is 0. The molecule has 2 unspecified atom stereocenters. The van der Waals surface area contributed by atoms with Crippen LogP contribution >= 0.6 is 0 Å². The van der Waals surface area contributed by atoms with Gasteiger partial charge in [-0.25, -0.2) is 4.79 Å². The second kappa shape index (κ2) is 4.96. The third-order valence-corrected chi connectivity index (χ3v) is 4.05. The smallest absolute Gasteiger partial charge is 0.341 e. The van der Waals surface area contributed by atoms with Gasteiger partial charge in [0.25, 0.3) is 0 Å². The van der Waals surface area contributed by atoms with E-state index < -0.39 is 0 Å². The fourth-order valence-corrected chi connectivity index (χ4v) is 2.97. The lowest BCUT2D eigenvalue weighted by molar-refractivity contribution is 0.0524. The molecule has 0 bridgehead atoms. The number of aliphatic hydroxyl groups is 1. The largest absolute Gasteiger partial charge is 0.462 e. The van der Waals surface area contributed by atoms with Crippen LogP contribution in [0.15, 0.2) is 6.20 Å². The summed E-state index contributed by atoms with van der Waals surface area (Å²) in [6, 6.07) is 0.0266. The number of carbonyl (C=O) groups excluding carboxylic acids is 1. The molecule has 3 rings (SSSR count). The molecule has 2 aliphatic carbocycles. The lowest BCUT2D eigenvalue weighted by Gasteiger charge is -2.18. The normalized spacial score (nSPS) is 26.6. The molecule has 0 spiro atoms. The first-order valence-electron chi connectivity index (χ1n) is 7.15. The quantitative estimate of drug-likeness (QED) is 0.845. The number of rotatable bonds is 4. The van der Waals surface area contributed by atoms with E-state index in [2.05, 4.69) is 5.10 Å². The van der Waals surface area contributed by atoms with Gasteiger partial charge in [-0.05, 0) is 39.0 Å². The molecule has 2 fully saturated rings. The number of nitrogens with zero attached hydrogens (tertiary/aromatic N) is 2. The van der Waals surface area contributed by atoms with E-state index >= 15 is 0 Å². The Bertz CT molecular complexity index is 479. The van der Waals surface area contributed by atoms with E-state index in [-0.39, 0.29) is 18.1 Å². The minimum Gasteiger partial charge on any atom is -0.462 e. The van der Waals surface area contributed by atoms with Crippen molar-refractivity contribution >= 4 is 5.97 Å². The van der Waals surface area contributed by atoms with Gasteiger partial charge >= 0.3 is 5.97 Å². The molecule has 1 aromatic heterocycles. The molecular weight excluding hydrogens is 244 g/mol. The van der Waals surface area contributed by atoms with E-state index in [1.807, 2.05) is 4.68 Å². The fourth-order valence-electron chi connectivity index (χ4n) is 2.97. The topological polar surface area (TPSA) is 64.3 Å². The number of aliphatic hydroxyl groups excluding tert-OH is 1. The van der Waals surface area contributed by atoms with Gasteiger partial charge < -0.3 is 9.84 Å². The van der Waals surface area contributed by atoms with E-state index in [1.165, 1.54) is 0 Å².